The van der Waals surface area contributed by atoms with Crippen molar-refractivity contribution < 1.29 is 30.0 Å². The van der Waals surface area contributed by atoms with Gasteiger partial charge in [0.2, 0.25) is 0 Å². The Hall–Kier alpha value is -1.14. The van der Waals surface area contributed by atoms with Gasteiger partial charge in [-0.2, -0.15) is 0 Å². The number of rotatable bonds is 17. The molecule has 0 saturated heterocycles. The Kier molecular flexibility index (Phi) is 14.7. The maximum absolute atomic E-state index is 10.4. The maximum Gasteiger partial charge on any atom is 0.303 e. The minimum atomic E-state index is -0.754. The van der Waals surface area contributed by atoms with Crippen molar-refractivity contribution >= 4 is 11.9 Å². The highest BCUT2D eigenvalue weighted by molar-refractivity contribution is 5.66. The zero-order valence-electron chi connectivity index (χ0n) is 14.7. The van der Waals surface area contributed by atoms with Crippen molar-refractivity contribution in [2.75, 3.05) is 0 Å². The van der Waals surface area contributed by atoms with Crippen LogP contribution in [-0.4, -0.2) is 44.6 Å². The lowest BCUT2D eigenvalue weighted by atomic mass is 9.99. The highest BCUT2D eigenvalue weighted by atomic mass is 16.4. The van der Waals surface area contributed by atoms with Crippen molar-refractivity contribution in [1.82, 2.24) is 0 Å². The van der Waals surface area contributed by atoms with E-state index in [1.165, 1.54) is 0 Å². The number of carbonyl (C=O) groups is 2. The Labute approximate surface area is 144 Å². The highest BCUT2D eigenvalue weighted by Crippen LogP contribution is 2.15. The molecule has 0 rings (SSSR count). The molecule has 0 fully saturated rings. The van der Waals surface area contributed by atoms with Crippen LogP contribution in [-0.2, 0) is 9.59 Å². The van der Waals surface area contributed by atoms with Crippen LogP contribution in [0.5, 0.6) is 0 Å². The monoisotopic (exact) mass is 346 g/mol. The van der Waals surface area contributed by atoms with Gasteiger partial charge in [-0.1, -0.05) is 51.4 Å². The summed E-state index contributed by atoms with van der Waals surface area (Å²) in [5, 5.41) is 36.8. The lowest BCUT2D eigenvalue weighted by Crippen LogP contribution is -2.25. The molecule has 0 aromatic rings. The lowest BCUT2D eigenvalue weighted by Gasteiger charge is -2.17. The largest absolute Gasteiger partial charge is 0.481 e. The smallest absolute Gasteiger partial charge is 0.303 e. The third-order valence-corrected chi connectivity index (χ3v) is 4.23. The number of aliphatic hydroxyl groups is 2. The van der Waals surface area contributed by atoms with E-state index in [-0.39, 0.29) is 12.8 Å². The minimum Gasteiger partial charge on any atom is -0.481 e. The van der Waals surface area contributed by atoms with Crippen LogP contribution in [0.4, 0.5) is 0 Å². The molecule has 4 N–H and O–H groups in total. The van der Waals surface area contributed by atoms with Gasteiger partial charge in [0, 0.05) is 12.8 Å². The first kappa shape index (κ1) is 22.9. The third-order valence-electron chi connectivity index (χ3n) is 4.23. The molecule has 0 aromatic heterocycles. The van der Waals surface area contributed by atoms with Crippen LogP contribution in [0.2, 0.25) is 0 Å². The molecule has 6 nitrogen and oxygen atoms in total. The fraction of sp³-hybridized carbons (Fsp3) is 0.889. The molecule has 2 atom stereocenters. The van der Waals surface area contributed by atoms with E-state index in [0.29, 0.717) is 25.7 Å². The third kappa shape index (κ3) is 15.7. The molecule has 142 valence electrons. The average Bonchev–Trinajstić information content (AvgIpc) is 2.51. The molecule has 0 spiro atoms. The quantitative estimate of drug-likeness (QED) is 0.300. The molecule has 0 aliphatic rings. The lowest BCUT2D eigenvalue weighted by molar-refractivity contribution is -0.138. The first-order chi connectivity index (χ1) is 11.4. The summed E-state index contributed by atoms with van der Waals surface area (Å²) in [6.45, 7) is 0. The minimum absolute atomic E-state index is 0.220. The number of carboxylic acids is 2. The molecule has 6 heteroatoms. The van der Waals surface area contributed by atoms with Crippen LogP contribution in [0.15, 0.2) is 0 Å². The standard InChI is InChI=1S/C18H34O6/c19-15(11-7-3-1-5-9-13-17(21)22)16(20)12-8-4-2-6-10-14-18(23)24/h15-16,19-20H,1-14H2,(H,21,22)(H,23,24)/t15-,16-/m0/s1. The van der Waals surface area contributed by atoms with E-state index in [2.05, 4.69) is 0 Å². The van der Waals surface area contributed by atoms with Gasteiger partial charge in [0.05, 0.1) is 12.2 Å². The molecule has 0 aliphatic carbocycles. The van der Waals surface area contributed by atoms with E-state index >= 15 is 0 Å². The molecule has 0 heterocycles. The van der Waals surface area contributed by atoms with Gasteiger partial charge in [0.15, 0.2) is 0 Å². The summed E-state index contributed by atoms with van der Waals surface area (Å²) < 4.78 is 0. The number of aliphatic carboxylic acids is 2. The second-order valence-corrected chi connectivity index (χ2v) is 6.54. The van der Waals surface area contributed by atoms with E-state index in [0.717, 1.165) is 51.4 Å². The van der Waals surface area contributed by atoms with Crippen molar-refractivity contribution in [3.05, 3.63) is 0 Å². The fourth-order valence-electron chi connectivity index (χ4n) is 2.70. The van der Waals surface area contributed by atoms with Gasteiger partial charge in [-0.3, -0.25) is 9.59 Å². The summed E-state index contributed by atoms with van der Waals surface area (Å²) in [4.78, 5) is 20.7. The van der Waals surface area contributed by atoms with Crippen LogP contribution in [0, 0.1) is 0 Å². The summed E-state index contributed by atoms with van der Waals surface area (Å²) in [5.41, 5.74) is 0. The molecular formula is C18H34O6. The fourth-order valence-corrected chi connectivity index (χ4v) is 2.70. The van der Waals surface area contributed by atoms with E-state index in [9.17, 15) is 19.8 Å². The number of hydrogen-bond donors (Lipinski definition) is 4. The van der Waals surface area contributed by atoms with Crippen molar-refractivity contribution in [1.29, 1.82) is 0 Å². The second-order valence-electron chi connectivity index (χ2n) is 6.54. The Balaban J connectivity index is 3.41. The average molecular weight is 346 g/mol. The molecule has 0 radical (unpaired) electrons. The molecule has 0 amide bonds. The predicted octanol–water partition coefficient (Wildman–Crippen LogP) is 3.34. The van der Waals surface area contributed by atoms with Gasteiger partial charge in [0.1, 0.15) is 0 Å². The van der Waals surface area contributed by atoms with Crippen LogP contribution in [0.25, 0.3) is 0 Å². The molecule has 24 heavy (non-hydrogen) atoms. The topological polar surface area (TPSA) is 115 Å². The van der Waals surface area contributed by atoms with Gasteiger partial charge in [-0.25, -0.2) is 0 Å². The first-order valence-corrected chi connectivity index (χ1v) is 9.23. The van der Waals surface area contributed by atoms with Gasteiger partial charge in [0.25, 0.3) is 0 Å². The summed E-state index contributed by atoms with van der Waals surface area (Å²) in [6.07, 6.45) is 8.96. The maximum atomic E-state index is 10.4. The molecule has 0 unspecified atom stereocenters. The van der Waals surface area contributed by atoms with Gasteiger partial charge < -0.3 is 20.4 Å². The molecule has 0 aromatic carbocycles. The number of aliphatic hydroxyl groups excluding tert-OH is 2. The van der Waals surface area contributed by atoms with Gasteiger partial charge in [-0.15, -0.1) is 0 Å². The van der Waals surface area contributed by atoms with Crippen LogP contribution >= 0.6 is 0 Å². The zero-order valence-corrected chi connectivity index (χ0v) is 14.7. The van der Waals surface area contributed by atoms with Crippen molar-refractivity contribution in [3.63, 3.8) is 0 Å². The number of hydrogen-bond acceptors (Lipinski definition) is 4. The van der Waals surface area contributed by atoms with E-state index < -0.39 is 24.1 Å². The van der Waals surface area contributed by atoms with Crippen LogP contribution in [0.1, 0.15) is 89.9 Å². The molecule has 0 bridgehead atoms. The molecular weight excluding hydrogens is 312 g/mol. The van der Waals surface area contributed by atoms with Crippen LogP contribution in [0.3, 0.4) is 0 Å². The SMILES string of the molecule is O=C(O)CCCCCCC[C@H](O)[C@@H](O)CCCCCCCC(=O)O. The van der Waals surface area contributed by atoms with E-state index in [1.807, 2.05) is 0 Å². The Morgan fingerprint density at radius 2 is 0.833 bits per heavy atom. The number of carboxylic acid groups (broad SMARTS) is 2. The van der Waals surface area contributed by atoms with E-state index in [1.54, 1.807) is 0 Å². The van der Waals surface area contributed by atoms with Gasteiger partial charge in [-0.05, 0) is 25.7 Å². The van der Waals surface area contributed by atoms with Gasteiger partial charge >= 0.3 is 11.9 Å². The molecule has 0 saturated carbocycles. The summed E-state index contributed by atoms with van der Waals surface area (Å²) >= 11 is 0. The molecule has 0 aliphatic heterocycles. The van der Waals surface area contributed by atoms with E-state index in [4.69, 9.17) is 10.2 Å². The second kappa shape index (κ2) is 15.4. The van der Waals surface area contributed by atoms with Crippen molar-refractivity contribution in [2.45, 2.75) is 102 Å². The Morgan fingerprint density at radius 1 is 0.542 bits per heavy atom. The summed E-state index contributed by atoms with van der Waals surface area (Å²) in [5.74, 6) is -1.51. The summed E-state index contributed by atoms with van der Waals surface area (Å²) in [7, 11) is 0. The summed E-state index contributed by atoms with van der Waals surface area (Å²) in [6, 6.07) is 0. The normalized spacial score (nSPS) is 13.6. The highest BCUT2D eigenvalue weighted by Gasteiger charge is 2.15. The van der Waals surface area contributed by atoms with Crippen molar-refractivity contribution in [3.8, 4) is 0 Å². The number of unbranched alkanes of at least 4 members (excludes halogenated alkanes) is 8. The Bertz CT molecular complexity index is 299. The zero-order chi connectivity index (χ0) is 18.2. The first-order valence-electron chi connectivity index (χ1n) is 9.23. The van der Waals surface area contributed by atoms with Crippen molar-refractivity contribution in [2.24, 2.45) is 0 Å². The van der Waals surface area contributed by atoms with Crippen LogP contribution < -0.4 is 0 Å². The Morgan fingerprint density at radius 3 is 1.17 bits per heavy atom. The predicted molar refractivity (Wildman–Crippen MR) is 91.9 cm³/mol.